The van der Waals surface area contributed by atoms with E-state index in [4.69, 9.17) is 14.0 Å². The Morgan fingerprint density at radius 2 is 1.96 bits per heavy atom. The van der Waals surface area contributed by atoms with Gasteiger partial charge in [-0.2, -0.15) is 0 Å². The topological polar surface area (TPSA) is 68.0 Å². The van der Waals surface area contributed by atoms with Gasteiger partial charge in [0, 0.05) is 19.0 Å². The lowest BCUT2D eigenvalue weighted by atomic mass is 10.1. The molecule has 1 aliphatic heterocycles. The van der Waals surface area contributed by atoms with Crippen LogP contribution in [0, 0.1) is 0 Å². The van der Waals surface area contributed by atoms with Crippen LogP contribution in [0.15, 0.2) is 22.7 Å². The number of hydrogen-bond acceptors (Lipinski definition) is 6. The second kappa shape index (κ2) is 7.78. The molecule has 1 N–H and O–H groups in total. The van der Waals surface area contributed by atoms with Gasteiger partial charge in [-0.1, -0.05) is 12.1 Å². The molecule has 0 radical (unpaired) electrons. The van der Waals surface area contributed by atoms with Crippen molar-refractivity contribution in [3.63, 3.8) is 0 Å². The number of aromatic hydroxyl groups is 1. The molecule has 0 amide bonds. The number of phenols is 1. The highest BCUT2D eigenvalue weighted by Crippen LogP contribution is 2.39. The Hall–Kier alpha value is -2.21. The van der Waals surface area contributed by atoms with Crippen LogP contribution in [0.3, 0.4) is 0 Å². The Kier molecular flexibility index (Phi) is 5.48. The number of methoxy groups -OCH3 is 2. The van der Waals surface area contributed by atoms with Crippen LogP contribution in [0.5, 0.6) is 17.2 Å². The van der Waals surface area contributed by atoms with Crippen LogP contribution in [0.1, 0.15) is 49.2 Å². The lowest BCUT2D eigenvalue weighted by molar-refractivity contribution is 0.235. The first-order chi connectivity index (χ1) is 12.2. The Labute approximate surface area is 148 Å². The van der Waals surface area contributed by atoms with Gasteiger partial charge in [0.2, 0.25) is 5.75 Å². The molecule has 0 aliphatic carbocycles. The number of likely N-dealkylation sites (tertiary alicyclic amines) is 1. The monoisotopic (exact) mass is 346 g/mol. The molecule has 0 saturated carbocycles. The number of aromatic nitrogens is 1. The molecule has 1 saturated heterocycles. The van der Waals surface area contributed by atoms with E-state index in [1.807, 2.05) is 12.1 Å². The van der Waals surface area contributed by atoms with Crippen LogP contribution < -0.4 is 9.47 Å². The van der Waals surface area contributed by atoms with Crippen molar-refractivity contribution in [2.75, 3.05) is 20.8 Å². The predicted molar refractivity (Wildman–Crippen MR) is 94.1 cm³/mol. The molecule has 25 heavy (non-hydrogen) atoms. The summed E-state index contributed by atoms with van der Waals surface area (Å²) in [7, 11) is 3.09. The van der Waals surface area contributed by atoms with Gasteiger partial charge in [0.05, 0.1) is 20.3 Å². The average molecular weight is 346 g/mol. The first-order valence-corrected chi connectivity index (χ1v) is 8.79. The fourth-order valence-electron chi connectivity index (χ4n) is 3.47. The van der Waals surface area contributed by atoms with E-state index in [0.29, 0.717) is 11.5 Å². The molecule has 1 aliphatic rings. The number of benzene rings is 1. The Morgan fingerprint density at radius 3 is 2.60 bits per heavy atom. The summed E-state index contributed by atoms with van der Waals surface area (Å²) in [4.78, 5) is 2.39. The molecular weight excluding hydrogens is 320 g/mol. The van der Waals surface area contributed by atoms with Crippen molar-refractivity contribution < 1.29 is 19.1 Å². The van der Waals surface area contributed by atoms with E-state index < -0.39 is 0 Å². The normalized spacial score (nSPS) is 17.8. The first-order valence-electron chi connectivity index (χ1n) is 8.79. The third kappa shape index (κ3) is 3.74. The highest BCUT2D eigenvalue weighted by molar-refractivity contribution is 5.52. The highest BCUT2D eigenvalue weighted by atomic mass is 16.5. The number of aryl methyl sites for hydroxylation is 1. The van der Waals surface area contributed by atoms with E-state index in [1.54, 1.807) is 14.2 Å². The summed E-state index contributed by atoms with van der Waals surface area (Å²) in [5.74, 6) is 1.85. The molecule has 1 atom stereocenters. The van der Waals surface area contributed by atoms with Gasteiger partial charge in [0.25, 0.3) is 0 Å². The van der Waals surface area contributed by atoms with Crippen LogP contribution in [0.25, 0.3) is 0 Å². The van der Waals surface area contributed by atoms with Crippen molar-refractivity contribution in [3.8, 4) is 17.2 Å². The number of nitrogens with zero attached hydrogens (tertiary/aromatic N) is 2. The SMILES string of the molecule is CCCc1cc([C@H]2CCCN2Cc2cc(OC)c(O)c(OC)c2)no1. The third-order valence-electron chi connectivity index (χ3n) is 4.70. The zero-order valence-electron chi connectivity index (χ0n) is 15.1. The maximum atomic E-state index is 10.1. The molecule has 136 valence electrons. The standard InChI is InChI=1S/C19H26N2O4/c1-4-6-14-11-15(20-25-14)16-7-5-8-21(16)12-13-9-17(23-2)19(22)18(10-13)24-3/h9-11,16,22H,4-8,12H2,1-3H3/t16-/m1/s1. The van der Waals surface area contributed by atoms with Gasteiger partial charge in [0.15, 0.2) is 11.5 Å². The van der Waals surface area contributed by atoms with Gasteiger partial charge in [-0.25, -0.2) is 0 Å². The van der Waals surface area contributed by atoms with Crippen molar-refractivity contribution >= 4 is 0 Å². The van der Waals surface area contributed by atoms with E-state index in [2.05, 4.69) is 23.0 Å². The summed E-state index contributed by atoms with van der Waals surface area (Å²) in [5, 5.41) is 14.4. The fraction of sp³-hybridized carbons (Fsp3) is 0.526. The third-order valence-corrected chi connectivity index (χ3v) is 4.70. The van der Waals surface area contributed by atoms with Crippen molar-refractivity contribution in [1.29, 1.82) is 0 Å². The van der Waals surface area contributed by atoms with E-state index in [9.17, 15) is 5.11 Å². The Bertz CT molecular complexity index is 688. The van der Waals surface area contributed by atoms with E-state index in [0.717, 1.165) is 55.8 Å². The summed E-state index contributed by atoms with van der Waals surface area (Å²) in [6, 6.07) is 6.07. The largest absolute Gasteiger partial charge is 0.502 e. The van der Waals surface area contributed by atoms with Gasteiger partial charge < -0.3 is 19.1 Å². The van der Waals surface area contributed by atoms with Crippen molar-refractivity contribution in [2.45, 2.75) is 45.2 Å². The molecular formula is C19H26N2O4. The highest BCUT2D eigenvalue weighted by Gasteiger charge is 2.29. The zero-order chi connectivity index (χ0) is 17.8. The molecule has 2 aromatic rings. The minimum absolute atomic E-state index is 0.0347. The maximum Gasteiger partial charge on any atom is 0.200 e. The number of phenolic OH excluding ortho intramolecular Hbond substituents is 1. The first kappa shape index (κ1) is 17.6. The molecule has 0 bridgehead atoms. The van der Waals surface area contributed by atoms with E-state index >= 15 is 0 Å². The Balaban J connectivity index is 1.79. The van der Waals surface area contributed by atoms with Crippen LogP contribution >= 0.6 is 0 Å². The number of hydrogen-bond donors (Lipinski definition) is 1. The van der Waals surface area contributed by atoms with E-state index in [-0.39, 0.29) is 11.8 Å². The van der Waals surface area contributed by atoms with E-state index in [1.165, 1.54) is 0 Å². The van der Waals surface area contributed by atoms with Gasteiger partial charge in [0.1, 0.15) is 11.5 Å². The van der Waals surface area contributed by atoms with Gasteiger partial charge in [-0.15, -0.1) is 0 Å². The molecule has 3 rings (SSSR count). The maximum absolute atomic E-state index is 10.1. The van der Waals surface area contributed by atoms with Crippen LogP contribution in [0.2, 0.25) is 0 Å². The second-order valence-corrected chi connectivity index (χ2v) is 6.45. The fourth-order valence-corrected chi connectivity index (χ4v) is 3.47. The molecule has 0 unspecified atom stereocenters. The average Bonchev–Trinajstić information content (AvgIpc) is 3.25. The molecule has 6 heteroatoms. The van der Waals surface area contributed by atoms with Gasteiger partial charge >= 0.3 is 0 Å². The second-order valence-electron chi connectivity index (χ2n) is 6.45. The molecule has 2 heterocycles. The number of ether oxygens (including phenoxy) is 2. The molecule has 1 aromatic carbocycles. The minimum Gasteiger partial charge on any atom is -0.502 e. The molecule has 1 aromatic heterocycles. The molecule has 1 fully saturated rings. The zero-order valence-corrected chi connectivity index (χ0v) is 15.1. The smallest absolute Gasteiger partial charge is 0.200 e. The summed E-state index contributed by atoms with van der Waals surface area (Å²) in [6.45, 7) is 3.88. The number of rotatable bonds is 7. The molecule has 0 spiro atoms. The lowest BCUT2D eigenvalue weighted by Gasteiger charge is -2.23. The quantitative estimate of drug-likeness (QED) is 0.825. The summed E-state index contributed by atoms with van der Waals surface area (Å²) in [6.07, 6.45) is 4.18. The van der Waals surface area contributed by atoms with Crippen LogP contribution in [-0.2, 0) is 13.0 Å². The van der Waals surface area contributed by atoms with Crippen LogP contribution in [0.4, 0.5) is 0 Å². The summed E-state index contributed by atoms with van der Waals surface area (Å²) < 4.78 is 16.0. The predicted octanol–water partition coefficient (Wildman–Crippen LogP) is 3.69. The summed E-state index contributed by atoms with van der Waals surface area (Å²) >= 11 is 0. The molecule has 6 nitrogen and oxygen atoms in total. The van der Waals surface area contributed by atoms with Crippen molar-refractivity contribution in [2.24, 2.45) is 0 Å². The van der Waals surface area contributed by atoms with Gasteiger partial charge in [-0.3, -0.25) is 4.90 Å². The van der Waals surface area contributed by atoms with Crippen molar-refractivity contribution in [1.82, 2.24) is 10.1 Å². The summed E-state index contributed by atoms with van der Waals surface area (Å²) in [5.41, 5.74) is 2.05. The minimum atomic E-state index is 0.0347. The van der Waals surface area contributed by atoms with Gasteiger partial charge in [-0.05, 0) is 43.5 Å². The van der Waals surface area contributed by atoms with Crippen LogP contribution in [-0.4, -0.2) is 35.9 Å². The lowest BCUT2D eigenvalue weighted by Crippen LogP contribution is -2.23. The Morgan fingerprint density at radius 1 is 1.24 bits per heavy atom. The van der Waals surface area contributed by atoms with Crippen molar-refractivity contribution in [3.05, 3.63) is 35.2 Å².